The maximum atomic E-state index is 12.3. The molecule has 5 nitrogen and oxygen atoms in total. The number of hydrogen-bond donors (Lipinski definition) is 0. The van der Waals surface area contributed by atoms with Crippen molar-refractivity contribution in [1.29, 1.82) is 0 Å². The number of ether oxygens (including phenoxy) is 3. The standard InChI is InChI=1S/C15H21NO4/c1-3-18-15(19-4-2)11-16-12-7-5-6-8-13(12)20-10-9-14(16)17/h5-8,15H,3-4,9-11H2,1-2H3. The molecular weight excluding hydrogens is 258 g/mol. The summed E-state index contributed by atoms with van der Waals surface area (Å²) in [5, 5.41) is 0. The molecule has 110 valence electrons. The zero-order chi connectivity index (χ0) is 14.4. The average Bonchev–Trinajstić information content (AvgIpc) is 2.60. The van der Waals surface area contributed by atoms with E-state index in [1.807, 2.05) is 38.1 Å². The van der Waals surface area contributed by atoms with E-state index in [0.717, 1.165) is 11.4 Å². The van der Waals surface area contributed by atoms with Gasteiger partial charge < -0.3 is 19.1 Å². The minimum absolute atomic E-state index is 0.0272. The highest BCUT2D eigenvalue weighted by molar-refractivity contribution is 5.95. The number of para-hydroxylation sites is 2. The van der Waals surface area contributed by atoms with Crippen molar-refractivity contribution in [2.75, 3.05) is 31.3 Å². The van der Waals surface area contributed by atoms with Crippen LogP contribution in [-0.2, 0) is 14.3 Å². The highest BCUT2D eigenvalue weighted by atomic mass is 16.7. The minimum Gasteiger partial charge on any atom is -0.491 e. The van der Waals surface area contributed by atoms with Crippen molar-refractivity contribution in [3.8, 4) is 5.75 Å². The number of carbonyl (C=O) groups is 1. The van der Waals surface area contributed by atoms with Crippen LogP contribution in [0.2, 0.25) is 0 Å². The molecule has 0 unspecified atom stereocenters. The minimum atomic E-state index is -0.417. The average molecular weight is 279 g/mol. The van der Waals surface area contributed by atoms with Crippen LogP contribution in [0.25, 0.3) is 0 Å². The zero-order valence-corrected chi connectivity index (χ0v) is 12.0. The van der Waals surface area contributed by atoms with Gasteiger partial charge in [-0.2, -0.15) is 0 Å². The number of amides is 1. The van der Waals surface area contributed by atoms with E-state index in [0.29, 0.717) is 32.8 Å². The normalized spacial score (nSPS) is 14.9. The van der Waals surface area contributed by atoms with Gasteiger partial charge in [0.15, 0.2) is 6.29 Å². The van der Waals surface area contributed by atoms with Gasteiger partial charge >= 0.3 is 0 Å². The first-order chi connectivity index (χ1) is 9.76. The number of benzene rings is 1. The van der Waals surface area contributed by atoms with Gasteiger partial charge in [-0.05, 0) is 26.0 Å². The van der Waals surface area contributed by atoms with Crippen molar-refractivity contribution < 1.29 is 19.0 Å². The van der Waals surface area contributed by atoms with E-state index in [2.05, 4.69) is 0 Å². The van der Waals surface area contributed by atoms with Crippen molar-refractivity contribution in [2.45, 2.75) is 26.6 Å². The predicted molar refractivity (Wildman–Crippen MR) is 75.9 cm³/mol. The summed E-state index contributed by atoms with van der Waals surface area (Å²) >= 11 is 0. The Morgan fingerprint density at radius 3 is 2.65 bits per heavy atom. The summed E-state index contributed by atoms with van der Waals surface area (Å²) in [6.07, 6.45) is -0.0558. The molecule has 0 atom stereocenters. The molecule has 0 radical (unpaired) electrons. The van der Waals surface area contributed by atoms with Crippen LogP contribution in [0.1, 0.15) is 20.3 Å². The first-order valence-corrected chi connectivity index (χ1v) is 7.01. The van der Waals surface area contributed by atoms with Gasteiger partial charge in [-0.3, -0.25) is 4.79 Å². The molecule has 5 heteroatoms. The summed E-state index contributed by atoms with van der Waals surface area (Å²) in [4.78, 5) is 13.9. The molecule has 0 bridgehead atoms. The molecule has 0 fully saturated rings. The predicted octanol–water partition coefficient (Wildman–Crippen LogP) is 2.20. The summed E-state index contributed by atoms with van der Waals surface area (Å²) in [7, 11) is 0. The van der Waals surface area contributed by atoms with Crippen molar-refractivity contribution in [2.24, 2.45) is 0 Å². The second-order valence-electron chi connectivity index (χ2n) is 4.41. The maximum absolute atomic E-state index is 12.3. The third kappa shape index (κ3) is 3.49. The maximum Gasteiger partial charge on any atom is 0.230 e. The summed E-state index contributed by atoms with van der Waals surface area (Å²) in [6.45, 7) is 5.69. The van der Waals surface area contributed by atoms with Crippen LogP contribution in [0, 0.1) is 0 Å². The highest BCUT2D eigenvalue weighted by Gasteiger charge is 2.26. The first kappa shape index (κ1) is 14.8. The van der Waals surface area contributed by atoms with Crippen LogP contribution in [0.4, 0.5) is 5.69 Å². The van der Waals surface area contributed by atoms with Crippen LogP contribution in [0.5, 0.6) is 5.75 Å². The van der Waals surface area contributed by atoms with Gasteiger partial charge in [-0.1, -0.05) is 12.1 Å². The smallest absolute Gasteiger partial charge is 0.230 e. The number of nitrogens with zero attached hydrogens (tertiary/aromatic N) is 1. The molecule has 2 rings (SSSR count). The van der Waals surface area contributed by atoms with Crippen LogP contribution in [0.15, 0.2) is 24.3 Å². The summed E-state index contributed by atoms with van der Waals surface area (Å²) in [6, 6.07) is 7.55. The van der Waals surface area contributed by atoms with E-state index in [9.17, 15) is 4.79 Å². The fraction of sp³-hybridized carbons (Fsp3) is 0.533. The molecular formula is C15H21NO4. The first-order valence-electron chi connectivity index (χ1n) is 7.01. The Kier molecular flexibility index (Phi) is 5.38. The second kappa shape index (κ2) is 7.26. The van der Waals surface area contributed by atoms with E-state index in [-0.39, 0.29) is 5.91 Å². The van der Waals surface area contributed by atoms with E-state index in [1.54, 1.807) is 4.90 Å². The molecule has 0 saturated heterocycles. The Bertz CT molecular complexity index is 443. The Morgan fingerprint density at radius 1 is 1.25 bits per heavy atom. The summed E-state index contributed by atoms with van der Waals surface area (Å²) in [5.41, 5.74) is 0.777. The highest BCUT2D eigenvalue weighted by Crippen LogP contribution is 2.31. The number of hydrogen-bond acceptors (Lipinski definition) is 4. The molecule has 0 aromatic heterocycles. The molecule has 1 aliphatic heterocycles. The van der Waals surface area contributed by atoms with Gasteiger partial charge in [-0.25, -0.2) is 0 Å². The van der Waals surface area contributed by atoms with Crippen LogP contribution in [-0.4, -0.2) is 38.6 Å². The van der Waals surface area contributed by atoms with Gasteiger partial charge in [-0.15, -0.1) is 0 Å². The third-order valence-corrected chi connectivity index (χ3v) is 3.07. The molecule has 1 heterocycles. The van der Waals surface area contributed by atoms with Crippen LogP contribution in [0.3, 0.4) is 0 Å². The summed E-state index contributed by atoms with van der Waals surface area (Å²) in [5.74, 6) is 0.754. The Hall–Kier alpha value is -1.59. The number of fused-ring (bicyclic) bond motifs is 1. The lowest BCUT2D eigenvalue weighted by Crippen LogP contribution is -2.39. The van der Waals surface area contributed by atoms with Gasteiger partial charge in [0.05, 0.1) is 25.3 Å². The van der Waals surface area contributed by atoms with Crippen LogP contribution >= 0.6 is 0 Å². The van der Waals surface area contributed by atoms with Crippen molar-refractivity contribution in [3.05, 3.63) is 24.3 Å². The molecule has 0 saturated carbocycles. The van der Waals surface area contributed by atoms with E-state index in [4.69, 9.17) is 14.2 Å². The molecule has 20 heavy (non-hydrogen) atoms. The van der Waals surface area contributed by atoms with Crippen molar-refractivity contribution in [3.63, 3.8) is 0 Å². The monoisotopic (exact) mass is 279 g/mol. The Balaban J connectivity index is 2.20. The van der Waals surface area contributed by atoms with Gasteiger partial charge in [0.1, 0.15) is 5.75 Å². The van der Waals surface area contributed by atoms with E-state index in [1.165, 1.54) is 0 Å². The molecule has 0 aliphatic carbocycles. The Labute approximate surface area is 119 Å². The topological polar surface area (TPSA) is 48.0 Å². The third-order valence-electron chi connectivity index (χ3n) is 3.07. The Morgan fingerprint density at radius 2 is 1.95 bits per heavy atom. The second-order valence-corrected chi connectivity index (χ2v) is 4.41. The molecule has 0 spiro atoms. The lowest BCUT2D eigenvalue weighted by atomic mass is 10.2. The van der Waals surface area contributed by atoms with Gasteiger partial charge in [0.25, 0.3) is 0 Å². The largest absolute Gasteiger partial charge is 0.491 e. The lowest BCUT2D eigenvalue weighted by molar-refractivity contribution is -0.135. The molecule has 1 aliphatic rings. The fourth-order valence-electron chi connectivity index (χ4n) is 2.19. The SMILES string of the molecule is CCOC(CN1C(=O)CCOc2ccccc21)OCC. The molecule has 1 amide bonds. The van der Waals surface area contributed by atoms with E-state index < -0.39 is 6.29 Å². The number of rotatable bonds is 6. The van der Waals surface area contributed by atoms with Gasteiger partial charge in [0, 0.05) is 13.2 Å². The number of carbonyl (C=O) groups excluding carboxylic acids is 1. The lowest BCUT2D eigenvalue weighted by Gasteiger charge is -2.26. The van der Waals surface area contributed by atoms with Crippen molar-refractivity contribution in [1.82, 2.24) is 0 Å². The fourth-order valence-corrected chi connectivity index (χ4v) is 2.19. The molecule has 1 aromatic carbocycles. The zero-order valence-electron chi connectivity index (χ0n) is 12.0. The van der Waals surface area contributed by atoms with Crippen molar-refractivity contribution >= 4 is 11.6 Å². The van der Waals surface area contributed by atoms with E-state index >= 15 is 0 Å². The number of anilines is 1. The van der Waals surface area contributed by atoms with Gasteiger partial charge in [0.2, 0.25) is 5.91 Å². The molecule has 0 N–H and O–H groups in total. The summed E-state index contributed by atoms with van der Waals surface area (Å²) < 4.78 is 16.7. The quantitative estimate of drug-likeness (QED) is 0.749. The van der Waals surface area contributed by atoms with Crippen LogP contribution < -0.4 is 9.64 Å². The molecule has 1 aromatic rings.